The molecule has 0 spiro atoms. The van der Waals surface area contributed by atoms with Gasteiger partial charge in [-0.15, -0.1) is 0 Å². The third-order valence-corrected chi connectivity index (χ3v) is 3.84. The van der Waals surface area contributed by atoms with E-state index in [0.29, 0.717) is 5.56 Å². The van der Waals surface area contributed by atoms with Crippen LogP contribution in [0, 0.1) is 13.8 Å². The molecule has 3 aromatic rings. The number of nitrogens with one attached hydrogen (secondary N) is 2. The van der Waals surface area contributed by atoms with Gasteiger partial charge in [-0.3, -0.25) is 9.59 Å². The number of amides is 1. The van der Waals surface area contributed by atoms with Crippen LogP contribution in [-0.2, 0) is 4.79 Å². The Bertz CT molecular complexity index is 1000. The van der Waals surface area contributed by atoms with Crippen molar-refractivity contribution < 1.29 is 4.79 Å². The highest BCUT2D eigenvalue weighted by Gasteiger charge is 2.03. The summed E-state index contributed by atoms with van der Waals surface area (Å²) in [6, 6.07) is 15.1. The SMILES string of the molecule is Cc1ccc(NC(=O)/C=C/c2cc3ccccc3[nH]c2=O)c(C)c1. The Labute approximate surface area is 139 Å². The molecule has 1 amide bonds. The molecule has 1 aromatic heterocycles. The zero-order valence-corrected chi connectivity index (χ0v) is 13.6. The topological polar surface area (TPSA) is 62.0 Å². The number of H-pyrrole nitrogens is 1. The molecule has 0 fully saturated rings. The van der Waals surface area contributed by atoms with E-state index in [9.17, 15) is 9.59 Å². The van der Waals surface area contributed by atoms with Crippen LogP contribution in [0.3, 0.4) is 0 Å². The highest BCUT2D eigenvalue weighted by molar-refractivity contribution is 6.02. The maximum atomic E-state index is 12.1. The van der Waals surface area contributed by atoms with Crippen LogP contribution in [0.15, 0.2) is 59.4 Å². The average Bonchev–Trinajstić information content (AvgIpc) is 2.55. The second-order valence-electron chi connectivity index (χ2n) is 5.78. The van der Waals surface area contributed by atoms with Gasteiger partial charge in [0.25, 0.3) is 5.56 Å². The number of aromatic nitrogens is 1. The summed E-state index contributed by atoms with van der Waals surface area (Å²) in [6.07, 6.45) is 2.91. The molecule has 0 radical (unpaired) electrons. The Morgan fingerprint density at radius 3 is 2.67 bits per heavy atom. The van der Waals surface area contributed by atoms with Crippen LogP contribution in [0.4, 0.5) is 5.69 Å². The highest BCUT2D eigenvalue weighted by Crippen LogP contribution is 2.16. The fourth-order valence-corrected chi connectivity index (χ4v) is 2.58. The van der Waals surface area contributed by atoms with E-state index in [1.165, 1.54) is 12.2 Å². The van der Waals surface area contributed by atoms with Crippen LogP contribution in [-0.4, -0.2) is 10.9 Å². The maximum Gasteiger partial charge on any atom is 0.255 e. The molecular weight excluding hydrogens is 300 g/mol. The Morgan fingerprint density at radius 1 is 1.08 bits per heavy atom. The summed E-state index contributed by atoms with van der Waals surface area (Å²) in [7, 11) is 0. The average molecular weight is 318 g/mol. The van der Waals surface area contributed by atoms with Crippen LogP contribution in [0.1, 0.15) is 16.7 Å². The van der Waals surface area contributed by atoms with E-state index in [2.05, 4.69) is 10.3 Å². The zero-order chi connectivity index (χ0) is 17.1. The van der Waals surface area contributed by atoms with Gasteiger partial charge in [0.15, 0.2) is 0 Å². The van der Waals surface area contributed by atoms with Gasteiger partial charge in [0, 0.05) is 22.8 Å². The number of anilines is 1. The number of hydrogen-bond acceptors (Lipinski definition) is 2. The van der Waals surface area contributed by atoms with E-state index < -0.39 is 0 Å². The van der Waals surface area contributed by atoms with Crippen molar-refractivity contribution in [3.05, 3.63) is 81.7 Å². The van der Waals surface area contributed by atoms with Gasteiger partial charge in [-0.1, -0.05) is 35.9 Å². The molecule has 0 saturated heterocycles. The molecule has 2 aromatic carbocycles. The van der Waals surface area contributed by atoms with Crippen LogP contribution in [0.2, 0.25) is 0 Å². The lowest BCUT2D eigenvalue weighted by Crippen LogP contribution is -2.11. The Morgan fingerprint density at radius 2 is 1.88 bits per heavy atom. The van der Waals surface area contributed by atoms with Crippen molar-refractivity contribution in [3.63, 3.8) is 0 Å². The van der Waals surface area contributed by atoms with Gasteiger partial charge in [0.1, 0.15) is 0 Å². The first-order valence-corrected chi connectivity index (χ1v) is 7.71. The van der Waals surface area contributed by atoms with Crippen molar-refractivity contribution >= 4 is 28.6 Å². The van der Waals surface area contributed by atoms with Crippen molar-refractivity contribution in [2.75, 3.05) is 5.32 Å². The van der Waals surface area contributed by atoms with Gasteiger partial charge in [-0.2, -0.15) is 0 Å². The molecule has 2 N–H and O–H groups in total. The molecule has 3 rings (SSSR count). The Balaban J connectivity index is 1.81. The molecule has 0 aliphatic rings. The molecule has 24 heavy (non-hydrogen) atoms. The van der Waals surface area contributed by atoms with Crippen molar-refractivity contribution in [2.45, 2.75) is 13.8 Å². The minimum atomic E-state index is -0.269. The summed E-state index contributed by atoms with van der Waals surface area (Å²) in [5, 5.41) is 3.75. The van der Waals surface area contributed by atoms with Crippen molar-refractivity contribution in [3.8, 4) is 0 Å². The van der Waals surface area contributed by atoms with Gasteiger partial charge >= 0.3 is 0 Å². The van der Waals surface area contributed by atoms with Gasteiger partial charge in [-0.05, 0) is 49.1 Å². The lowest BCUT2D eigenvalue weighted by atomic mass is 10.1. The van der Waals surface area contributed by atoms with Crippen LogP contribution >= 0.6 is 0 Å². The quantitative estimate of drug-likeness (QED) is 0.722. The molecule has 0 unspecified atom stereocenters. The summed E-state index contributed by atoms with van der Waals surface area (Å²) in [4.78, 5) is 27.0. The molecule has 0 aliphatic heterocycles. The number of fused-ring (bicyclic) bond motifs is 1. The lowest BCUT2D eigenvalue weighted by molar-refractivity contribution is -0.111. The van der Waals surface area contributed by atoms with Crippen molar-refractivity contribution in [2.24, 2.45) is 0 Å². The Hall–Kier alpha value is -3.14. The molecule has 0 bridgehead atoms. The van der Waals surface area contributed by atoms with E-state index in [1.807, 2.05) is 56.3 Å². The number of rotatable bonds is 3. The standard InChI is InChI=1S/C20H18N2O2/c1-13-7-9-17(14(2)11-13)21-19(23)10-8-16-12-15-5-3-4-6-18(15)22-20(16)24/h3-12H,1-2H3,(H,21,23)(H,22,24)/b10-8+. The minimum absolute atomic E-state index is 0.218. The second-order valence-corrected chi connectivity index (χ2v) is 5.78. The molecule has 120 valence electrons. The highest BCUT2D eigenvalue weighted by atomic mass is 16.1. The second kappa shape index (κ2) is 6.54. The smallest absolute Gasteiger partial charge is 0.255 e. The van der Waals surface area contributed by atoms with Gasteiger partial charge in [0.2, 0.25) is 5.91 Å². The fraction of sp³-hybridized carbons (Fsp3) is 0.100. The molecule has 0 saturated carbocycles. The number of carbonyl (C=O) groups is 1. The summed E-state index contributed by atoms with van der Waals surface area (Å²) < 4.78 is 0. The number of pyridine rings is 1. The van der Waals surface area contributed by atoms with Crippen LogP contribution < -0.4 is 10.9 Å². The van der Waals surface area contributed by atoms with E-state index in [1.54, 1.807) is 6.07 Å². The normalized spacial score (nSPS) is 11.1. The molecule has 4 heteroatoms. The number of para-hydroxylation sites is 1. The largest absolute Gasteiger partial charge is 0.322 e. The predicted octanol–water partition coefficient (Wildman–Crippen LogP) is 3.80. The van der Waals surface area contributed by atoms with Gasteiger partial charge in [-0.25, -0.2) is 0 Å². The van der Waals surface area contributed by atoms with E-state index >= 15 is 0 Å². The molecule has 4 nitrogen and oxygen atoms in total. The lowest BCUT2D eigenvalue weighted by Gasteiger charge is -2.07. The van der Waals surface area contributed by atoms with Gasteiger partial charge < -0.3 is 10.3 Å². The first-order valence-electron chi connectivity index (χ1n) is 7.71. The number of aromatic amines is 1. The molecule has 0 aliphatic carbocycles. The first kappa shape index (κ1) is 15.7. The number of hydrogen-bond donors (Lipinski definition) is 2. The number of carbonyl (C=O) groups excluding carboxylic acids is 1. The summed E-state index contributed by atoms with van der Waals surface area (Å²) in [5.74, 6) is -0.269. The predicted molar refractivity (Wildman–Crippen MR) is 98.1 cm³/mol. The third-order valence-electron chi connectivity index (χ3n) is 3.84. The molecular formula is C20H18N2O2. The van der Waals surface area contributed by atoms with Gasteiger partial charge in [0.05, 0.1) is 0 Å². The minimum Gasteiger partial charge on any atom is -0.322 e. The molecule has 0 atom stereocenters. The maximum absolute atomic E-state index is 12.1. The van der Waals surface area contributed by atoms with Crippen LogP contribution in [0.25, 0.3) is 17.0 Å². The van der Waals surface area contributed by atoms with E-state index in [-0.39, 0.29) is 11.5 Å². The number of benzene rings is 2. The molecule has 1 heterocycles. The first-order chi connectivity index (χ1) is 11.5. The summed E-state index contributed by atoms with van der Waals surface area (Å²) in [6.45, 7) is 3.95. The van der Waals surface area contributed by atoms with Crippen molar-refractivity contribution in [1.29, 1.82) is 0 Å². The van der Waals surface area contributed by atoms with Crippen molar-refractivity contribution in [1.82, 2.24) is 4.98 Å². The zero-order valence-electron chi connectivity index (χ0n) is 13.6. The fourth-order valence-electron chi connectivity index (χ4n) is 2.58. The Kier molecular flexibility index (Phi) is 4.29. The summed E-state index contributed by atoms with van der Waals surface area (Å²) in [5.41, 5.74) is 3.92. The van der Waals surface area contributed by atoms with E-state index in [0.717, 1.165) is 27.7 Å². The monoisotopic (exact) mass is 318 g/mol. The van der Waals surface area contributed by atoms with E-state index in [4.69, 9.17) is 0 Å². The number of aryl methyl sites for hydroxylation is 2. The summed E-state index contributed by atoms with van der Waals surface area (Å²) >= 11 is 0. The van der Waals surface area contributed by atoms with Crippen LogP contribution in [0.5, 0.6) is 0 Å². The third kappa shape index (κ3) is 3.43.